The number of fused-ring (bicyclic) bond motifs is 2. The minimum Gasteiger partial charge on any atom is -0.478 e. The third kappa shape index (κ3) is 5.17. The molecule has 0 fully saturated rings. The molecule has 2 N–H and O–H groups in total. The first kappa shape index (κ1) is 26.0. The fourth-order valence-electron chi connectivity index (χ4n) is 5.13. The Bertz CT molecular complexity index is 1910. The highest BCUT2D eigenvalue weighted by atomic mass is 19.1. The zero-order chi connectivity index (χ0) is 28.5. The normalized spacial score (nSPS) is 12.0. The lowest BCUT2D eigenvalue weighted by Crippen LogP contribution is -2.24. The van der Waals surface area contributed by atoms with Gasteiger partial charge in [0, 0.05) is 18.7 Å². The predicted molar refractivity (Wildman–Crippen MR) is 157 cm³/mol. The second-order valence-electron chi connectivity index (χ2n) is 10.0. The Labute approximate surface area is 235 Å². The van der Waals surface area contributed by atoms with Crippen LogP contribution in [0.5, 0.6) is 0 Å². The molecule has 202 valence electrons. The van der Waals surface area contributed by atoms with Crippen LogP contribution in [0.3, 0.4) is 0 Å². The molecule has 0 radical (unpaired) electrons. The summed E-state index contributed by atoms with van der Waals surface area (Å²) in [5, 5.41) is 14.4. The van der Waals surface area contributed by atoms with Gasteiger partial charge in [-0.1, -0.05) is 73.7 Å². The standard InChI is InChI=1S/C34H26FN3O3/c1-21(26-11-10-23-4-2-3-5-27(23)16-26)31-32-30(33(39)36-18-22-6-8-25(9-7-22)34(40)41)17-28(19-38(32)20-37-31)24-12-14-29(35)15-13-24/h2-17,19-21H,18H2,1H3,(H,36,39)(H,40,41)/t21-/m0/s1. The number of amides is 1. The van der Waals surface area contributed by atoms with Crippen LogP contribution >= 0.6 is 0 Å². The van der Waals surface area contributed by atoms with Gasteiger partial charge in [-0.05, 0) is 63.4 Å². The highest BCUT2D eigenvalue weighted by Crippen LogP contribution is 2.32. The second kappa shape index (κ2) is 10.7. The van der Waals surface area contributed by atoms with E-state index >= 15 is 0 Å². The van der Waals surface area contributed by atoms with Crippen LogP contribution in [0.2, 0.25) is 0 Å². The summed E-state index contributed by atoms with van der Waals surface area (Å²) in [7, 11) is 0. The summed E-state index contributed by atoms with van der Waals surface area (Å²) in [6.07, 6.45) is 3.60. The number of pyridine rings is 1. The van der Waals surface area contributed by atoms with Gasteiger partial charge in [0.05, 0.1) is 28.7 Å². The molecule has 4 aromatic carbocycles. The van der Waals surface area contributed by atoms with E-state index in [9.17, 15) is 14.0 Å². The lowest BCUT2D eigenvalue weighted by Gasteiger charge is -2.15. The van der Waals surface area contributed by atoms with Crippen molar-refractivity contribution in [2.24, 2.45) is 0 Å². The zero-order valence-corrected chi connectivity index (χ0v) is 22.2. The molecule has 0 spiro atoms. The molecular formula is C34H26FN3O3. The number of carboxylic acid groups (broad SMARTS) is 1. The van der Waals surface area contributed by atoms with Crippen molar-refractivity contribution >= 4 is 28.2 Å². The van der Waals surface area contributed by atoms with Crippen LogP contribution in [0.25, 0.3) is 27.4 Å². The summed E-state index contributed by atoms with van der Waals surface area (Å²) < 4.78 is 15.5. The Balaban J connectivity index is 1.40. The van der Waals surface area contributed by atoms with E-state index in [4.69, 9.17) is 10.1 Å². The van der Waals surface area contributed by atoms with Gasteiger partial charge in [0.2, 0.25) is 0 Å². The van der Waals surface area contributed by atoms with Gasteiger partial charge in [-0.15, -0.1) is 0 Å². The first-order valence-corrected chi connectivity index (χ1v) is 13.2. The number of aromatic carboxylic acids is 1. The van der Waals surface area contributed by atoms with E-state index < -0.39 is 5.97 Å². The molecule has 7 heteroatoms. The topological polar surface area (TPSA) is 83.7 Å². The molecule has 0 aliphatic rings. The Kier molecular flexibility index (Phi) is 6.77. The summed E-state index contributed by atoms with van der Waals surface area (Å²) in [6, 6.07) is 28.8. The molecular weight excluding hydrogens is 517 g/mol. The largest absolute Gasteiger partial charge is 0.478 e. The van der Waals surface area contributed by atoms with Crippen LogP contribution in [0, 0.1) is 5.82 Å². The number of carbonyl (C=O) groups excluding carboxylic acids is 1. The van der Waals surface area contributed by atoms with Crippen molar-refractivity contribution in [3.8, 4) is 11.1 Å². The Hall–Kier alpha value is -5.30. The lowest BCUT2D eigenvalue weighted by molar-refractivity contribution is 0.0696. The number of carbonyl (C=O) groups is 2. The van der Waals surface area contributed by atoms with Crippen LogP contribution in [-0.4, -0.2) is 26.4 Å². The summed E-state index contributed by atoms with van der Waals surface area (Å²) >= 11 is 0. The maximum Gasteiger partial charge on any atom is 0.335 e. The number of rotatable bonds is 7. The zero-order valence-electron chi connectivity index (χ0n) is 22.2. The third-order valence-corrected chi connectivity index (χ3v) is 7.41. The fraction of sp³-hybridized carbons (Fsp3) is 0.0882. The summed E-state index contributed by atoms with van der Waals surface area (Å²) in [6.45, 7) is 2.29. The molecule has 1 atom stereocenters. The maximum atomic E-state index is 13.7. The predicted octanol–water partition coefficient (Wildman–Crippen LogP) is 7.07. The Morgan fingerprint density at radius 1 is 0.902 bits per heavy atom. The minimum absolute atomic E-state index is 0.101. The molecule has 0 bridgehead atoms. The average molecular weight is 544 g/mol. The molecule has 0 saturated heterocycles. The van der Waals surface area contributed by atoms with Crippen molar-refractivity contribution in [1.29, 1.82) is 0 Å². The number of hydrogen-bond donors (Lipinski definition) is 2. The van der Waals surface area contributed by atoms with E-state index in [0.29, 0.717) is 11.1 Å². The Morgan fingerprint density at radius 2 is 1.63 bits per heavy atom. The molecule has 0 saturated carbocycles. The van der Waals surface area contributed by atoms with Crippen molar-refractivity contribution in [2.45, 2.75) is 19.4 Å². The van der Waals surface area contributed by atoms with Gasteiger partial charge in [-0.25, -0.2) is 14.2 Å². The van der Waals surface area contributed by atoms with Gasteiger partial charge in [-0.3, -0.25) is 4.79 Å². The van der Waals surface area contributed by atoms with Crippen LogP contribution < -0.4 is 5.32 Å². The number of carboxylic acids is 1. The first-order valence-electron chi connectivity index (χ1n) is 13.2. The molecule has 6 rings (SSSR count). The minimum atomic E-state index is -1.01. The molecule has 0 aliphatic heterocycles. The van der Waals surface area contributed by atoms with Gasteiger partial charge in [0.1, 0.15) is 5.82 Å². The average Bonchev–Trinajstić information content (AvgIpc) is 3.43. The summed E-state index contributed by atoms with van der Waals surface area (Å²) in [5.41, 5.74) is 5.44. The first-order chi connectivity index (χ1) is 19.9. The van der Waals surface area contributed by atoms with Crippen LogP contribution in [0.4, 0.5) is 4.39 Å². The van der Waals surface area contributed by atoms with E-state index in [0.717, 1.165) is 38.7 Å². The second-order valence-corrected chi connectivity index (χ2v) is 10.0. The number of halogens is 1. The molecule has 41 heavy (non-hydrogen) atoms. The number of imidazole rings is 1. The quantitative estimate of drug-likeness (QED) is 0.226. The van der Waals surface area contributed by atoms with Crippen molar-refractivity contribution in [1.82, 2.24) is 14.7 Å². The number of nitrogens with one attached hydrogen (secondary N) is 1. The van der Waals surface area contributed by atoms with Crippen molar-refractivity contribution in [3.63, 3.8) is 0 Å². The van der Waals surface area contributed by atoms with Crippen LogP contribution in [-0.2, 0) is 6.54 Å². The van der Waals surface area contributed by atoms with Gasteiger partial charge < -0.3 is 14.8 Å². The lowest BCUT2D eigenvalue weighted by atomic mass is 9.93. The van der Waals surface area contributed by atoms with Gasteiger partial charge >= 0.3 is 5.97 Å². The van der Waals surface area contributed by atoms with Gasteiger partial charge in [0.15, 0.2) is 0 Å². The summed E-state index contributed by atoms with van der Waals surface area (Å²) in [5.74, 6) is -1.74. The molecule has 6 aromatic rings. The molecule has 2 heterocycles. The SMILES string of the molecule is C[C@@H](c1ccc2ccccc2c1)c1ncn2cc(-c3ccc(F)cc3)cc(C(=O)NCc3ccc(C(=O)O)cc3)c12. The van der Waals surface area contributed by atoms with Gasteiger partial charge in [0.25, 0.3) is 5.91 Å². The molecule has 1 amide bonds. The Morgan fingerprint density at radius 3 is 2.37 bits per heavy atom. The van der Waals surface area contributed by atoms with E-state index in [1.165, 1.54) is 24.3 Å². The molecule has 0 unspecified atom stereocenters. The van der Waals surface area contributed by atoms with Crippen LogP contribution in [0.15, 0.2) is 110 Å². The van der Waals surface area contributed by atoms with E-state index in [1.807, 2.05) is 28.8 Å². The molecule has 6 nitrogen and oxygen atoms in total. The van der Waals surface area contributed by atoms with Crippen molar-refractivity contribution < 1.29 is 19.1 Å². The number of nitrogens with zero attached hydrogens (tertiary/aromatic N) is 2. The van der Waals surface area contributed by atoms with Crippen molar-refractivity contribution in [3.05, 3.63) is 143 Å². The number of aromatic nitrogens is 2. The summed E-state index contributed by atoms with van der Waals surface area (Å²) in [4.78, 5) is 29.7. The number of hydrogen-bond acceptors (Lipinski definition) is 3. The van der Waals surface area contributed by atoms with Crippen molar-refractivity contribution in [2.75, 3.05) is 0 Å². The highest BCUT2D eigenvalue weighted by molar-refractivity contribution is 6.02. The van der Waals surface area contributed by atoms with E-state index in [-0.39, 0.29) is 29.8 Å². The highest BCUT2D eigenvalue weighted by Gasteiger charge is 2.22. The molecule has 2 aromatic heterocycles. The monoisotopic (exact) mass is 543 g/mol. The smallest absolute Gasteiger partial charge is 0.335 e. The molecule has 0 aliphatic carbocycles. The fourth-order valence-corrected chi connectivity index (χ4v) is 5.13. The van der Waals surface area contributed by atoms with E-state index in [1.54, 1.807) is 30.6 Å². The van der Waals surface area contributed by atoms with Crippen LogP contribution in [0.1, 0.15) is 50.4 Å². The number of benzene rings is 4. The van der Waals surface area contributed by atoms with E-state index in [2.05, 4.69) is 42.6 Å². The third-order valence-electron chi connectivity index (χ3n) is 7.41. The van der Waals surface area contributed by atoms with Gasteiger partial charge in [-0.2, -0.15) is 0 Å². The maximum absolute atomic E-state index is 13.7.